The number of hydrogen-bond acceptors (Lipinski definition) is 3. The molecule has 66 valence electrons. The number of likely N-dealkylation sites (N-methyl/N-ethyl adjacent to an activating group) is 1. The highest BCUT2D eigenvalue weighted by molar-refractivity contribution is 4.68. The summed E-state index contributed by atoms with van der Waals surface area (Å²) in [6.45, 7) is 3.70. The molecule has 0 aliphatic carbocycles. The molecular formula is C8H18N2O. The molecule has 0 radical (unpaired) electrons. The van der Waals surface area contributed by atoms with E-state index in [1.54, 1.807) is 0 Å². The Morgan fingerprint density at radius 3 is 3.00 bits per heavy atom. The lowest BCUT2D eigenvalue weighted by Crippen LogP contribution is -2.32. The number of rotatable bonds is 4. The van der Waals surface area contributed by atoms with Gasteiger partial charge in [0, 0.05) is 26.2 Å². The Hall–Kier alpha value is -0.120. The van der Waals surface area contributed by atoms with Crippen LogP contribution in [0.5, 0.6) is 0 Å². The molecule has 1 aliphatic heterocycles. The van der Waals surface area contributed by atoms with Crippen molar-refractivity contribution in [2.24, 2.45) is 5.73 Å². The smallest absolute Gasteiger partial charge is 0.0702 e. The van der Waals surface area contributed by atoms with Crippen LogP contribution in [-0.2, 0) is 4.74 Å². The fourth-order valence-corrected chi connectivity index (χ4v) is 1.45. The summed E-state index contributed by atoms with van der Waals surface area (Å²) in [5.74, 6) is 0. The van der Waals surface area contributed by atoms with E-state index >= 15 is 0 Å². The van der Waals surface area contributed by atoms with Crippen molar-refractivity contribution in [1.29, 1.82) is 0 Å². The number of nitrogens with zero attached hydrogens (tertiary/aromatic N) is 1. The maximum atomic E-state index is 5.49. The van der Waals surface area contributed by atoms with Crippen LogP contribution in [0.25, 0.3) is 0 Å². The standard InChI is InChI=1S/C8H18N2O/c1-10(5-4-9)7-8-3-2-6-11-8/h8H,2-7,9H2,1H3/t8-/m0/s1. The van der Waals surface area contributed by atoms with Gasteiger partial charge in [-0.05, 0) is 19.9 Å². The van der Waals surface area contributed by atoms with Gasteiger partial charge in [0.05, 0.1) is 6.10 Å². The molecule has 1 atom stereocenters. The van der Waals surface area contributed by atoms with Gasteiger partial charge in [-0.25, -0.2) is 0 Å². The summed E-state index contributed by atoms with van der Waals surface area (Å²) in [7, 11) is 2.09. The van der Waals surface area contributed by atoms with E-state index in [0.29, 0.717) is 6.10 Å². The van der Waals surface area contributed by atoms with Gasteiger partial charge in [-0.3, -0.25) is 0 Å². The Morgan fingerprint density at radius 1 is 1.64 bits per heavy atom. The summed E-state index contributed by atoms with van der Waals surface area (Å²) >= 11 is 0. The second-order valence-electron chi connectivity index (χ2n) is 3.19. The monoisotopic (exact) mass is 158 g/mol. The highest BCUT2D eigenvalue weighted by Crippen LogP contribution is 2.12. The second kappa shape index (κ2) is 4.70. The van der Waals surface area contributed by atoms with Crippen molar-refractivity contribution in [3.8, 4) is 0 Å². The first-order valence-corrected chi connectivity index (χ1v) is 4.33. The molecule has 0 aromatic carbocycles. The summed E-state index contributed by atoms with van der Waals surface area (Å²) < 4.78 is 5.49. The van der Waals surface area contributed by atoms with E-state index in [9.17, 15) is 0 Å². The highest BCUT2D eigenvalue weighted by Gasteiger charge is 2.16. The average Bonchev–Trinajstić information content (AvgIpc) is 2.40. The molecule has 1 saturated heterocycles. The van der Waals surface area contributed by atoms with Crippen LogP contribution >= 0.6 is 0 Å². The summed E-state index contributed by atoms with van der Waals surface area (Å²) in [5, 5.41) is 0. The lowest BCUT2D eigenvalue weighted by atomic mass is 10.2. The number of hydrogen-bond donors (Lipinski definition) is 1. The van der Waals surface area contributed by atoms with Crippen LogP contribution in [-0.4, -0.2) is 44.3 Å². The van der Waals surface area contributed by atoms with Gasteiger partial charge in [0.25, 0.3) is 0 Å². The molecule has 0 amide bonds. The molecule has 0 bridgehead atoms. The molecule has 1 fully saturated rings. The van der Waals surface area contributed by atoms with E-state index in [1.165, 1.54) is 12.8 Å². The maximum Gasteiger partial charge on any atom is 0.0702 e. The molecule has 0 unspecified atom stereocenters. The van der Waals surface area contributed by atoms with Crippen LogP contribution in [0, 0.1) is 0 Å². The van der Waals surface area contributed by atoms with E-state index in [1.807, 2.05) is 0 Å². The first-order valence-electron chi connectivity index (χ1n) is 4.33. The second-order valence-corrected chi connectivity index (χ2v) is 3.19. The van der Waals surface area contributed by atoms with Crippen LogP contribution in [0.15, 0.2) is 0 Å². The third-order valence-electron chi connectivity index (χ3n) is 2.05. The van der Waals surface area contributed by atoms with E-state index < -0.39 is 0 Å². The van der Waals surface area contributed by atoms with Crippen molar-refractivity contribution >= 4 is 0 Å². The van der Waals surface area contributed by atoms with Crippen molar-refractivity contribution < 1.29 is 4.74 Å². The van der Waals surface area contributed by atoms with Gasteiger partial charge in [-0.2, -0.15) is 0 Å². The van der Waals surface area contributed by atoms with Crippen molar-refractivity contribution in [2.75, 3.05) is 33.3 Å². The molecule has 3 nitrogen and oxygen atoms in total. The van der Waals surface area contributed by atoms with E-state index in [-0.39, 0.29) is 0 Å². The normalized spacial score (nSPS) is 24.8. The Labute approximate surface area is 68.5 Å². The van der Waals surface area contributed by atoms with Gasteiger partial charge in [0.15, 0.2) is 0 Å². The molecule has 1 rings (SSSR count). The van der Waals surface area contributed by atoms with E-state index in [2.05, 4.69) is 11.9 Å². The molecular weight excluding hydrogens is 140 g/mol. The lowest BCUT2D eigenvalue weighted by Gasteiger charge is -2.19. The zero-order valence-corrected chi connectivity index (χ0v) is 7.25. The quantitative estimate of drug-likeness (QED) is 0.628. The van der Waals surface area contributed by atoms with Gasteiger partial charge in [-0.1, -0.05) is 0 Å². The van der Waals surface area contributed by atoms with Gasteiger partial charge in [-0.15, -0.1) is 0 Å². The third-order valence-corrected chi connectivity index (χ3v) is 2.05. The van der Waals surface area contributed by atoms with Crippen molar-refractivity contribution in [2.45, 2.75) is 18.9 Å². The minimum atomic E-state index is 0.464. The minimum absolute atomic E-state index is 0.464. The highest BCUT2D eigenvalue weighted by atomic mass is 16.5. The molecule has 3 heteroatoms. The molecule has 2 N–H and O–H groups in total. The fourth-order valence-electron chi connectivity index (χ4n) is 1.45. The molecule has 11 heavy (non-hydrogen) atoms. The summed E-state index contributed by atoms with van der Waals surface area (Å²) in [6.07, 6.45) is 2.90. The van der Waals surface area contributed by atoms with Gasteiger partial charge >= 0.3 is 0 Å². The van der Waals surface area contributed by atoms with E-state index in [4.69, 9.17) is 10.5 Å². The zero-order valence-electron chi connectivity index (χ0n) is 7.25. The SMILES string of the molecule is CN(CCN)C[C@@H]1CCCO1. The third kappa shape index (κ3) is 3.18. The van der Waals surface area contributed by atoms with Crippen LogP contribution in [0.2, 0.25) is 0 Å². The number of ether oxygens (including phenoxy) is 1. The minimum Gasteiger partial charge on any atom is -0.377 e. The first-order chi connectivity index (χ1) is 5.33. The van der Waals surface area contributed by atoms with Gasteiger partial charge < -0.3 is 15.4 Å². The van der Waals surface area contributed by atoms with Crippen molar-refractivity contribution in [1.82, 2.24) is 4.90 Å². The Balaban J connectivity index is 2.08. The van der Waals surface area contributed by atoms with Crippen LogP contribution in [0.4, 0.5) is 0 Å². The number of nitrogens with two attached hydrogens (primary N) is 1. The maximum absolute atomic E-state index is 5.49. The van der Waals surface area contributed by atoms with Crippen LogP contribution < -0.4 is 5.73 Å². The topological polar surface area (TPSA) is 38.5 Å². The molecule has 0 aromatic heterocycles. The zero-order chi connectivity index (χ0) is 8.10. The van der Waals surface area contributed by atoms with Crippen LogP contribution in [0.1, 0.15) is 12.8 Å². The predicted molar refractivity (Wildman–Crippen MR) is 45.5 cm³/mol. The van der Waals surface area contributed by atoms with Gasteiger partial charge in [0.2, 0.25) is 0 Å². The Bertz CT molecular complexity index is 102. The Morgan fingerprint density at radius 2 is 2.45 bits per heavy atom. The first kappa shape index (κ1) is 8.97. The van der Waals surface area contributed by atoms with Crippen molar-refractivity contribution in [3.05, 3.63) is 0 Å². The molecule has 1 aliphatic rings. The fraction of sp³-hybridized carbons (Fsp3) is 1.00. The molecule has 1 heterocycles. The van der Waals surface area contributed by atoms with Crippen molar-refractivity contribution in [3.63, 3.8) is 0 Å². The average molecular weight is 158 g/mol. The summed E-state index contributed by atoms with van der Waals surface area (Å²) in [5.41, 5.74) is 5.42. The Kier molecular flexibility index (Phi) is 3.83. The molecule has 0 saturated carbocycles. The molecule has 0 spiro atoms. The van der Waals surface area contributed by atoms with Crippen LogP contribution in [0.3, 0.4) is 0 Å². The lowest BCUT2D eigenvalue weighted by molar-refractivity contribution is 0.0821. The molecule has 0 aromatic rings. The largest absolute Gasteiger partial charge is 0.377 e. The van der Waals surface area contributed by atoms with Gasteiger partial charge in [0.1, 0.15) is 0 Å². The summed E-state index contributed by atoms with van der Waals surface area (Å²) in [4.78, 5) is 2.23. The predicted octanol–water partition coefficient (Wildman–Crippen LogP) is 0.0559. The van der Waals surface area contributed by atoms with E-state index in [0.717, 1.165) is 26.2 Å². The summed E-state index contributed by atoms with van der Waals surface area (Å²) in [6, 6.07) is 0.